The Morgan fingerprint density at radius 2 is 1.74 bits per heavy atom. The third-order valence-electron chi connectivity index (χ3n) is 7.11. The molecule has 2 bridgehead atoms. The van der Waals surface area contributed by atoms with Crippen LogP contribution in [0.2, 0.25) is 0 Å². The molecule has 1 aromatic heterocycles. The number of anilines is 1. The van der Waals surface area contributed by atoms with Gasteiger partial charge in [-0.3, -0.25) is 4.79 Å². The average molecular weight is 512 g/mol. The number of halogens is 1. The van der Waals surface area contributed by atoms with Gasteiger partial charge in [-0.25, -0.2) is 9.78 Å². The Bertz CT molecular complexity index is 1100. The minimum Gasteiger partial charge on any atom is -1.00 e. The first-order valence-corrected chi connectivity index (χ1v) is 12.8. The van der Waals surface area contributed by atoms with E-state index in [1.807, 2.05) is 66.0 Å². The first-order valence-electron chi connectivity index (χ1n) is 11.9. The Hall–Kier alpha value is -2.74. The Morgan fingerprint density at radius 1 is 1.06 bits per heavy atom. The Morgan fingerprint density at radius 3 is 2.40 bits per heavy atom. The number of carbonyl (C=O) groups is 2. The van der Waals surface area contributed by atoms with Crippen LogP contribution < -0.4 is 17.7 Å². The number of carbonyl (C=O) groups excluding carboxylic acids is 2. The van der Waals surface area contributed by atoms with Crippen molar-refractivity contribution in [3.63, 3.8) is 0 Å². The summed E-state index contributed by atoms with van der Waals surface area (Å²) < 4.78 is 6.91. The summed E-state index contributed by atoms with van der Waals surface area (Å²) in [6, 6.07) is 18.9. The number of benzene rings is 2. The summed E-state index contributed by atoms with van der Waals surface area (Å²) in [5.41, 5.74) is 1.75. The molecule has 6 nitrogen and oxygen atoms in total. The Balaban J connectivity index is 0.00000289. The van der Waals surface area contributed by atoms with Gasteiger partial charge in [0.2, 0.25) is 0 Å². The lowest BCUT2D eigenvalue weighted by molar-refractivity contribution is -0.939. The molecule has 0 saturated carbocycles. The number of esters is 1. The van der Waals surface area contributed by atoms with Crippen molar-refractivity contribution in [1.82, 2.24) is 4.98 Å². The van der Waals surface area contributed by atoms with E-state index in [9.17, 15) is 9.59 Å². The predicted octanol–water partition coefficient (Wildman–Crippen LogP) is 1.26. The quantitative estimate of drug-likeness (QED) is 0.346. The number of fused-ring (bicyclic) bond motifs is 3. The normalized spacial score (nSPS) is 23.7. The van der Waals surface area contributed by atoms with Gasteiger partial charge < -0.3 is 26.9 Å². The summed E-state index contributed by atoms with van der Waals surface area (Å²) in [5, 5.41) is 6.13. The van der Waals surface area contributed by atoms with Gasteiger partial charge in [-0.15, -0.1) is 11.3 Å². The molecule has 0 radical (unpaired) electrons. The zero-order valence-corrected chi connectivity index (χ0v) is 21.1. The van der Waals surface area contributed by atoms with E-state index >= 15 is 0 Å². The van der Waals surface area contributed by atoms with Crippen LogP contribution >= 0.6 is 11.3 Å². The molecule has 8 heteroatoms. The zero-order valence-electron chi connectivity index (χ0n) is 19.5. The number of hydrogen-bond donors (Lipinski definition) is 1. The molecular weight excluding hydrogens is 482 g/mol. The van der Waals surface area contributed by atoms with E-state index in [0.717, 1.165) is 46.7 Å². The van der Waals surface area contributed by atoms with E-state index in [4.69, 9.17) is 4.74 Å². The number of thiazole rings is 1. The summed E-state index contributed by atoms with van der Waals surface area (Å²) in [4.78, 5) is 30.5. The van der Waals surface area contributed by atoms with Gasteiger partial charge in [0.25, 0.3) is 0 Å². The maximum absolute atomic E-state index is 13.5. The topological polar surface area (TPSA) is 68.3 Å². The first-order chi connectivity index (χ1) is 16.6. The van der Waals surface area contributed by atoms with Crippen molar-refractivity contribution in [3.8, 4) is 0 Å². The molecule has 0 spiro atoms. The van der Waals surface area contributed by atoms with Crippen molar-refractivity contribution in [2.24, 2.45) is 5.92 Å². The van der Waals surface area contributed by atoms with Crippen LogP contribution in [-0.4, -0.2) is 53.5 Å². The van der Waals surface area contributed by atoms with Crippen molar-refractivity contribution < 1.29 is 31.2 Å². The van der Waals surface area contributed by atoms with Gasteiger partial charge in [-0.2, -0.15) is 0 Å². The second kappa shape index (κ2) is 11.3. The lowest BCUT2D eigenvalue weighted by atomic mass is 9.83. The van der Waals surface area contributed by atoms with Gasteiger partial charge in [0.05, 0.1) is 19.5 Å². The minimum absolute atomic E-state index is 0. The van der Waals surface area contributed by atoms with Gasteiger partial charge in [0.15, 0.2) is 17.9 Å². The van der Waals surface area contributed by atoms with Gasteiger partial charge in [0, 0.05) is 36.0 Å². The molecule has 3 fully saturated rings. The van der Waals surface area contributed by atoms with E-state index in [0.29, 0.717) is 25.4 Å². The third kappa shape index (κ3) is 6.10. The van der Waals surface area contributed by atoms with Crippen molar-refractivity contribution >= 4 is 28.8 Å². The van der Waals surface area contributed by atoms with Gasteiger partial charge >= 0.3 is 5.97 Å². The van der Waals surface area contributed by atoms with Crippen molar-refractivity contribution in [1.29, 1.82) is 0 Å². The van der Waals surface area contributed by atoms with E-state index in [2.05, 4.69) is 10.3 Å². The predicted molar refractivity (Wildman–Crippen MR) is 132 cm³/mol. The van der Waals surface area contributed by atoms with Crippen LogP contribution in [0, 0.1) is 5.92 Å². The molecule has 184 valence electrons. The molecule has 0 amide bonds. The number of piperidine rings is 3. The largest absolute Gasteiger partial charge is 1.00 e. The summed E-state index contributed by atoms with van der Waals surface area (Å²) in [5.74, 6) is 0.320. The van der Waals surface area contributed by atoms with Gasteiger partial charge in [-0.05, 0) is 17.7 Å². The molecule has 3 aliphatic heterocycles. The zero-order chi connectivity index (χ0) is 23.4. The van der Waals surface area contributed by atoms with E-state index in [1.54, 1.807) is 6.20 Å². The number of nitrogens with zero attached hydrogens (tertiary/aromatic N) is 2. The Kier molecular flexibility index (Phi) is 8.21. The highest BCUT2D eigenvalue weighted by Gasteiger charge is 2.48. The number of nitrogens with one attached hydrogen (secondary N) is 1. The molecule has 3 aromatic rings. The third-order valence-corrected chi connectivity index (χ3v) is 7.89. The van der Waals surface area contributed by atoms with Crippen LogP contribution in [0.15, 0.2) is 72.2 Å². The molecule has 2 aromatic carbocycles. The molecule has 6 rings (SSSR count). The van der Waals surface area contributed by atoms with Gasteiger partial charge in [-0.1, -0.05) is 48.5 Å². The first kappa shape index (κ1) is 25.4. The lowest BCUT2D eigenvalue weighted by Crippen LogP contribution is -3.00. The second-order valence-corrected chi connectivity index (χ2v) is 10.4. The molecule has 35 heavy (non-hydrogen) atoms. The monoisotopic (exact) mass is 511 g/mol. The maximum Gasteiger partial charge on any atom is 0.333 e. The molecule has 4 heterocycles. The second-order valence-electron chi connectivity index (χ2n) is 9.44. The van der Waals surface area contributed by atoms with Crippen LogP contribution in [0.1, 0.15) is 29.5 Å². The number of quaternary nitrogens is 1. The van der Waals surface area contributed by atoms with Crippen molar-refractivity contribution in [3.05, 3.63) is 82.8 Å². The van der Waals surface area contributed by atoms with E-state index in [-0.39, 0.29) is 30.3 Å². The van der Waals surface area contributed by atoms with E-state index in [1.165, 1.54) is 11.3 Å². The summed E-state index contributed by atoms with van der Waals surface area (Å²) in [7, 11) is 0. The number of Topliss-reactive ketones (excluding diaryl/α,β-unsaturated/α-hetero) is 1. The van der Waals surface area contributed by atoms with Crippen molar-refractivity contribution in [2.75, 3.05) is 31.5 Å². The number of rotatable bonds is 9. The molecule has 0 aliphatic carbocycles. The average Bonchev–Trinajstić information content (AvgIpc) is 3.37. The van der Waals surface area contributed by atoms with Crippen LogP contribution in [0.3, 0.4) is 0 Å². The fraction of sp³-hybridized carbons (Fsp3) is 0.370. The molecule has 3 saturated heterocycles. The summed E-state index contributed by atoms with van der Waals surface area (Å²) >= 11 is 1.53. The standard InChI is InChI=1S/C27H30N3O3S.ClH/c31-23(17-25-28-13-16-34-25)18-30-14-11-20(12-15-30)24(19-30)33-27(32)26(21-7-3-1-4-8-21)29-22-9-5-2-6-10-22;/h1-10,13,16,20,24,26,29H,11-12,14-15,17-19H2;1H/q+1;/p-1/t20?,24-,26?,30?;/m0./s1. The summed E-state index contributed by atoms with van der Waals surface area (Å²) in [6.07, 6.45) is 3.96. The number of ether oxygens (including phenoxy) is 1. The molecular formula is C27H30ClN3O3S. The SMILES string of the molecule is O=C(Cc1nccs1)C[N+]12CCC(CC1)[C@@H](OC(=O)C(Nc1ccccc1)c1ccccc1)C2.[Cl-]. The van der Waals surface area contributed by atoms with Crippen LogP contribution in [0.4, 0.5) is 5.69 Å². The molecule has 3 aliphatic rings. The number of ketones is 1. The molecule has 1 N–H and O–H groups in total. The van der Waals surface area contributed by atoms with E-state index < -0.39 is 6.04 Å². The maximum atomic E-state index is 13.5. The van der Waals surface area contributed by atoms with Crippen LogP contribution in [0.25, 0.3) is 0 Å². The fourth-order valence-corrected chi connectivity index (χ4v) is 6.00. The molecule has 2 atom stereocenters. The highest BCUT2D eigenvalue weighted by molar-refractivity contribution is 7.09. The fourth-order valence-electron chi connectivity index (χ4n) is 5.36. The highest BCUT2D eigenvalue weighted by atomic mass is 35.5. The minimum atomic E-state index is -0.584. The lowest BCUT2D eigenvalue weighted by Gasteiger charge is -2.51. The van der Waals surface area contributed by atoms with Crippen LogP contribution in [0.5, 0.6) is 0 Å². The van der Waals surface area contributed by atoms with Gasteiger partial charge in [0.1, 0.15) is 18.1 Å². The summed E-state index contributed by atoms with van der Waals surface area (Å²) in [6.45, 7) is 3.16. The molecule has 1 unspecified atom stereocenters. The number of aromatic nitrogens is 1. The van der Waals surface area contributed by atoms with Crippen LogP contribution in [-0.2, 0) is 20.7 Å². The Labute approximate surface area is 216 Å². The number of hydrogen-bond acceptors (Lipinski definition) is 6. The highest BCUT2D eigenvalue weighted by Crippen LogP contribution is 2.36. The smallest absolute Gasteiger partial charge is 0.333 e. The van der Waals surface area contributed by atoms with Crippen molar-refractivity contribution in [2.45, 2.75) is 31.4 Å². The number of para-hydroxylation sites is 1.